The fourth-order valence-electron chi connectivity index (χ4n) is 2.27. The molecule has 2 aliphatic heterocycles. The van der Waals surface area contributed by atoms with Crippen molar-refractivity contribution in [2.75, 3.05) is 13.1 Å². The molecule has 1 aromatic rings. The number of benzene rings is 1. The van der Waals surface area contributed by atoms with Gasteiger partial charge in [0.2, 0.25) is 0 Å². The van der Waals surface area contributed by atoms with Crippen LogP contribution in [0.2, 0.25) is 0 Å². The lowest BCUT2D eigenvalue weighted by Gasteiger charge is -2.45. The van der Waals surface area contributed by atoms with Gasteiger partial charge in [-0.15, -0.1) is 12.4 Å². The third-order valence-electron chi connectivity index (χ3n) is 3.31. The van der Waals surface area contributed by atoms with Gasteiger partial charge in [0.25, 0.3) is 0 Å². The summed E-state index contributed by atoms with van der Waals surface area (Å²) in [5.41, 5.74) is -1.34. The number of rotatable bonds is 0. The van der Waals surface area contributed by atoms with Gasteiger partial charge in [0.05, 0.1) is 17.5 Å². The van der Waals surface area contributed by atoms with E-state index >= 15 is 0 Å². The Morgan fingerprint density at radius 3 is 2.47 bits per heavy atom. The number of fused-ring (bicyclic) bond motifs is 1. The maximum absolute atomic E-state index is 12.6. The molecule has 0 atom stereocenters. The van der Waals surface area contributed by atoms with Crippen LogP contribution in [0.3, 0.4) is 0 Å². The van der Waals surface area contributed by atoms with Gasteiger partial charge in [-0.05, 0) is 18.2 Å². The molecule has 0 bridgehead atoms. The van der Waals surface area contributed by atoms with Crippen molar-refractivity contribution in [3.63, 3.8) is 0 Å². The molecule has 104 valence electrons. The predicted molar refractivity (Wildman–Crippen MR) is 63.9 cm³/mol. The minimum absolute atomic E-state index is 0. The average Bonchev–Trinajstić information content (AvgIpc) is 2.25. The smallest absolute Gasteiger partial charge is 0.416 e. The van der Waals surface area contributed by atoms with Crippen LogP contribution >= 0.6 is 12.4 Å². The summed E-state index contributed by atoms with van der Waals surface area (Å²) in [6.45, 7) is 1.11. The molecule has 3 nitrogen and oxygen atoms in total. The van der Waals surface area contributed by atoms with Gasteiger partial charge in [0.15, 0.2) is 5.78 Å². The summed E-state index contributed by atoms with van der Waals surface area (Å²) in [5, 5.41) is 3.00. The number of carbonyl (C=O) groups excluding carboxylic acids is 1. The van der Waals surface area contributed by atoms with E-state index in [2.05, 4.69) is 5.32 Å². The summed E-state index contributed by atoms with van der Waals surface area (Å²) in [6, 6.07) is 3.04. The number of ketones is 1. The molecule has 0 aromatic heterocycles. The van der Waals surface area contributed by atoms with Gasteiger partial charge < -0.3 is 10.1 Å². The van der Waals surface area contributed by atoms with Gasteiger partial charge in [-0.3, -0.25) is 4.79 Å². The number of nitrogens with one attached hydrogen (secondary N) is 1. The van der Waals surface area contributed by atoms with Crippen molar-refractivity contribution in [1.82, 2.24) is 5.32 Å². The highest BCUT2D eigenvalue weighted by Gasteiger charge is 2.46. The molecule has 0 unspecified atom stereocenters. The fraction of sp³-hybridized carbons (Fsp3) is 0.417. The number of hydrogen-bond donors (Lipinski definition) is 1. The SMILES string of the molecule is Cl.O=C1CC2(CNC2)Oc2ccc(C(F)(F)F)cc21. The molecule has 1 spiro atoms. The Hall–Kier alpha value is -1.27. The van der Waals surface area contributed by atoms with Crippen LogP contribution in [0.25, 0.3) is 0 Å². The molecule has 2 aliphatic rings. The largest absolute Gasteiger partial charge is 0.483 e. The molecule has 2 heterocycles. The standard InChI is InChI=1S/C12H10F3NO2.ClH/c13-12(14,15)7-1-2-10-8(3-7)9(17)4-11(18-10)5-16-6-11;/h1-3,16H,4-6H2;1H. The van der Waals surface area contributed by atoms with Crippen molar-refractivity contribution in [2.45, 2.75) is 18.2 Å². The van der Waals surface area contributed by atoms with E-state index in [1.807, 2.05) is 0 Å². The van der Waals surface area contributed by atoms with Gasteiger partial charge in [0, 0.05) is 13.1 Å². The van der Waals surface area contributed by atoms with Crippen LogP contribution in [0.4, 0.5) is 13.2 Å². The number of hydrogen-bond acceptors (Lipinski definition) is 3. The first-order valence-corrected chi connectivity index (χ1v) is 5.54. The lowest BCUT2D eigenvalue weighted by molar-refractivity contribution is -0.137. The van der Waals surface area contributed by atoms with Gasteiger partial charge in [-0.25, -0.2) is 0 Å². The predicted octanol–water partition coefficient (Wildman–Crippen LogP) is 2.43. The molecule has 19 heavy (non-hydrogen) atoms. The Labute approximate surface area is 113 Å². The molecule has 7 heteroatoms. The van der Waals surface area contributed by atoms with Crippen molar-refractivity contribution < 1.29 is 22.7 Å². The Bertz CT molecular complexity index is 526. The summed E-state index contributed by atoms with van der Waals surface area (Å²) in [7, 11) is 0. The van der Waals surface area contributed by atoms with E-state index in [1.54, 1.807) is 0 Å². The van der Waals surface area contributed by atoms with Crippen LogP contribution in [-0.2, 0) is 6.18 Å². The molecule has 1 saturated heterocycles. The third-order valence-corrected chi connectivity index (χ3v) is 3.31. The number of ether oxygens (including phenoxy) is 1. The highest BCUT2D eigenvalue weighted by atomic mass is 35.5. The van der Waals surface area contributed by atoms with Gasteiger partial charge in [0.1, 0.15) is 11.4 Å². The summed E-state index contributed by atoms with van der Waals surface area (Å²) >= 11 is 0. The summed E-state index contributed by atoms with van der Waals surface area (Å²) in [4.78, 5) is 11.9. The highest BCUT2D eigenvalue weighted by molar-refractivity contribution is 6.00. The Morgan fingerprint density at radius 1 is 1.26 bits per heavy atom. The Morgan fingerprint density at radius 2 is 1.95 bits per heavy atom. The summed E-state index contributed by atoms with van der Waals surface area (Å²) in [6.07, 6.45) is -4.31. The lowest BCUT2D eigenvalue weighted by atomic mass is 9.85. The maximum Gasteiger partial charge on any atom is 0.416 e. The molecule has 0 saturated carbocycles. The first-order valence-electron chi connectivity index (χ1n) is 5.54. The minimum Gasteiger partial charge on any atom is -0.483 e. The Balaban J connectivity index is 0.00000133. The van der Waals surface area contributed by atoms with Crippen LogP contribution in [0.5, 0.6) is 5.75 Å². The molecule has 1 aromatic carbocycles. The maximum atomic E-state index is 12.6. The zero-order valence-electron chi connectivity index (χ0n) is 9.71. The molecular weight excluding hydrogens is 283 g/mol. The van der Waals surface area contributed by atoms with E-state index in [1.165, 1.54) is 6.07 Å². The average molecular weight is 294 g/mol. The number of halogens is 4. The van der Waals surface area contributed by atoms with Crippen LogP contribution in [0.1, 0.15) is 22.3 Å². The second-order valence-electron chi connectivity index (χ2n) is 4.70. The number of alkyl halides is 3. The van der Waals surface area contributed by atoms with Crippen molar-refractivity contribution >= 4 is 18.2 Å². The van der Waals surface area contributed by atoms with Crippen LogP contribution in [0.15, 0.2) is 18.2 Å². The van der Waals surface area contributed by atoms with Gasteiger partial charge >= 0.3 is 6.18 Å². The van der Waals surface area contributed by atoms with E-state index in [0.717, 1.165) is 12.1 Å². The monoisotopic (exact) mass is 293 g/mol. The summed E-state index contributed by atoms with van der Waals surface area (Å²) in [5.74, 6) is -0.0374. The van der Waals surface area contributed by atoms with E-state index in [0.29, 0.717) is 13.1 Å². The van der Waals surface area contributed by atoms with Crippen molar-refractivity contribution in [2.24, 2.45) is 0 Å². The summed E-state index contributed by atoms with van der Waals surface area (Å²) < 4.78 is 43.3. The normalized spacial score (nSPS) is 20.1. The highest BCUT2D eigenvalue weighted by Crippen LogP contribution is 2.39. The van der Waals surface area contributed by atoms with Crippen LogP contribution in [-0.4, -0.2) is 24.5 Å². The molecule has 3 rings (SSSR count). The van der Waals surface area contributed by atoms with Crippen molar-refractivity contribution in [1.29, 1.82) is 0 Å². The quantitative estimate of drug-likeness (QED) is 0.798. The topological polar surface area (TPSA) is 38.3 Å². The molecule has 0 amide bonds. The van der Waals surface area contributed by atoms with Gasteiger partial charge in [-0.2, -0.15) is 13.2 Å². The first-order chi connectivity index (χ1) is 8.40. The molecule has 0 radical (unpaired) electrons. The lowest BCUT2D eigenvalue weighted by Crippen LogP contribution is -2.65. The Kier molecular flexibility index (Phi) is 3.26. The molecular formula is C12H11ClF3NO2. The first kappa shape index (κ1) is 14.1. The second kappa shape index (κ2) is 4.38. The number of carbonyl (C=O) groups is 1. The van der Waals surface area contributed by atoms with Crippen LogP contribution in [0, 0.1) is 0 Å². The number of Topliss-reactive ketones (excluding diaryl/α,β-unsaturated/α-hetero) is 1. The van der Waals surface area contributed by atoms with Crippen molar-refractivity contribution in [3.05, 3.63) is 29.3 Å². The zero-order chi connectivity index (χ0) is 13.0. The van der Waals surface area contributed by atoms with Crippen molar-refractivity contribution in [3.8, 4) is 5.75 Å². The second-order valence-corrected chi connectivity index (χ2v) is 4.70. The van der Waals surface area contributed by atoms with E-state index in [4.69, 9.17) is 4.74 Å². The van der Waals surface area contributed by atoms with Gasteiger partial charge in [-0.1, -0.05) is 0 Å². The molecule has 1 N–H and O–H groups in total. The molecule has 1 fully saturated rings. The van der Waals surface area contributed by atoms with E-state index in [-0.39, 0.29) is 35.9 Å². The van der Waals surface area contributed by atoms with E-state index in [9.17, 15) is 18.0 Å². The minimum atomic E-state index is -4.44. The fourth-order valence-corrected chi connectivity index (χ4v) is 2.27. The molecule has 0 aliphatic carbocycles. The van der Waals surface area contributed by atoms with Crippen LogP contribution < -0.4 is 10.1 Å². The zero-order valence-corrected chi connectivity index (χ0v) is 10.5. The van der Waals surface area contributed by atoms with E-state index < -0.39 is 17.3 Å². The third kappa shape index (κ3) is 2.30.